The van der Waals surface area contributed by atoms with Crippen LogP contribution in [0.3, 0.4) is 0 Å². The van der Waals surface area contributed by atoms with Crippen LogP contribution in [-0.4, -0.2) is 36.6 Å². The Balaban J connectivity index is 1.35. The normalized spacial score (nSPS) is 11.2. The smallest absolute Gasteiger partial charge is 0.119 e. The van der Waals surface area contributed by atoms with Gasteiger partial charge < -0.3 is 9.47 Å². The standard InChI is InChI=1S/C32H26N4O2/c1-37-29-16-12-25(13-17-29)33-21-27-8-4-10-31(35-27)23-6-3-7-24(20-23)32-11-5-9-28(36-32)22-34-26-14-18-30(38-2)19-15-26/h3-22H,1-2H3. The Morgan fingerprint density at radius 2 is 0.947 bits per heavy atom. The van der Waals surface area contributed by atoms with Crippen molar-refractivity contribution in [3.8, 4) is 34.0 Å². The van der Waals surface area contributed by atoms with Crippen molar-refractivity contribution in [3.63, 3.8) is 0 Å². The molecule has 0 aliphatic rings. The van der Waals surface area contributed by atoms with E-state index in [1.807, 2.05) is 103 Å². The number of pyridine rings is 2. The zero-order chi connectivity index (χ0) is 26.2. The summed E-state index contributed by atoms with van der Waals surface area (Å²) in [4.78, 5) is 18.7. The monoisotopic (exact) mass is 498 g/mol. The minimum absolute atomic E-state index is 0.776. The summed E-state index contributed by atoms with van der Waals surface area (Å²) >= 11 is 0. The molecule has 0 atom stereocenters. The fourth-order valence-electron chi connectivity index (χ4n) is 3.82. The second kappa shape index (κ2) is 11.8. The van der Waals surface area contributed by atoms with E-state index in [1.165, 1.54) is 0 Å². The summed E-state index contributed by atoms with van der Waals surface area (Å²) in [5, 5.41) is 0. The van der Waals surface area contributed by atoms with Gasteiger partial charge in [-0.05, 0) is 78.9 Å². The topological polar surface area (TPSA) is 69.0 Å². The van der Waals surface area contributed by atoms with E-state index in [-0.39, 0.29) is 0 Å². The summed E-state index contributed by atoms with van der Waals surface area (Å²) in [5.74, 6) is 1.60. The number of aromatic nitrogens is 2. The van der Waals surface area contributed by atoms with Crippen LogP contribution in [-0.2, 0) is 0 Å². The van der Waals surface area contributed by atoms with Crippen molar-refractivity contribution in [2.75, 3.05) is 14.2 Å². The van der Waals surface area contributed by atoms with Crippen molar-refractivity contribution in [1.82, 2.24) is 9.97 Å². The van der Waals surface area contributed by atoms with Crippen LogP contribution >= 0.6 is 0 Å². The highest BCUT2D eigenvalue weighted by Gasteiger charge is 2.05. The molecule has 38 heavy (non-hydrogen) atoms. The van der Waals surface area contributed by atoms with Gasteiger partial charge in [-0.1, -0.05) is 30.3 Å². The van der Waals surface area contributed by atoms with Gasteiger partial charge >= 0.3 is 0 Å². The summed E-state index contributed by atoms with van der Waals surface area (Å²) in [5.41, 5.74) is 6.95. The molecule has 186 valence electrons. The number of benzene rings is 3. The molecule has 2 aromatic heterocycles. The van der Waals surface area contributed by atoms with Gasteiger partial charge in [0.1, 0.15) is 11.5 Å². The highest BCUT2D eigenvalue weighted by molar-refractivity contribution is 5.82. The highest BCUT2D eigenvalue weighted by Crippen LogP contribution is 2.25. The van der Waals surface area contributed by atoms with Crippen LogP contribution in [0.15, 0.2) is 119 Å². The first-order chi connectivity index (χ1) is 18.7. The molecule has 0 N–H and O–H groups in total. The molecule has 2 heterocycles. The molecular formula is C32H26N4O2. The Kier molecular flexibility index (Phi) is 7.61. The third kappa shape index (κ3) is 6.17. The van der Waals surface area contributed by atoms with E-state index in [1.54, 1.807) is 26.6 Å². The minimum Gasteiger partial charge on any atom is -0.497 e. The Morgan fingerprint density at radius 1 is 0.526 bits per heavy atom. The summed E-state index contributed by atoms with van der Waals surface area (Å²) in [7, 11) is 3.29. The van der Waals surface area contributed by atoms with Gasteiger partial charge in [0.05, 0.1) is 60.8 Å². The zero-order valence-corrected chi connectivity index (χ0v) is 21.2. The minimum atomic E-state index is 0.776. The molecule has 0 aliphatic carbocycles. The SMILES string of the molecule is COc1ccc(N=Cc2cccc(-c3cccc(-c4cccc(C=Nc5ccc(OC)cc5)n4)c3)n2)cc1. The van der Waals surface area contributed by atoms with E-state index in [9.17, 15) is 0 Å². The van der Waals surface area contributed by atoms with E-state index in [0.29, 0.717) is 0 Å². The first-order valence-corrected chi connectivity index (χ1v) is 12.1. The highest BCUT2D eigenvalue weighted by atomic mass is 16.5. The number of hydrogen-bond donors (Lipinski definition) is 0. The summed E-state index contributed by atoms with van der Waals surface area (Å²) < 4.78 is 10.4. The maximum atomic E-state index is 5.20. The quantitative estimate of drug-likeness (QED) is 0.210. The maximum Gasteiger partial charge on any atom is 0.119 e. The van der Waals surface area contributed by atoms with Gasteiger partial charge in [0.15, 0.2) is 0 Å². The molecule has 5 rings (SSSR count). The molecule has 6 nitrogen and oxygen atoms in total. The van der Waals surface area contributed by atoms with Gasteiger partial charge in [0.2, 0.25) is 0 Å². The Hall–Kier alpha value is -5.10. The molecule has 0 saturated heterocycles. The third-order valence-corrected chi connectivity index (χ3v) is 5.83. The summed E-state index contributed by atoms with van der Waals surface area (Å²) in [6, 6.07) is 35.2. The Labute approximate surface area is 222 Å². The lowest BCUT2D eigenvalue weighted by Gasteiger charge is -2.06. The molecule has 3 aromatic carbocycles. The second-order valence-corrected chi connectivity index (χ2v) is 8.39. The van der Waals surface area contributed by atoms with Crippen LogP contribution in [0.1, 0.15) is 11.4 Å². The van der Waals surface area contributed by atoms with Gasteiger partial charge in [-0.3, -0.25) is 9.98 Å². The van der Waals surface area contributed by atoms with Crippen LogP contribution in [0.4, 0.5) is 11.4 Å². The molecule has 0 fully saturated rings. The third-order valence-electron chi connectivity index (χ3n) is 5.83. The van der Waals surface area contributed by atoms with Crippen LogP contribution in [0.25, 0.3) is 22.5 Å². The van der Waals surface area contributed by atoms with E-state index < -0.39 is 0 Å². The van der Waals surface area contributed by atoms with Gasteiger partial charge in [-0.2, -0.15) is 0 Å². The molecule has 0 spiro atoms. The molecule has 0 aliphatic heterocycles. The van der Waals surface area contributed by atoms with Crippen molar-refractivity contribution in [3.05, 3.63) is 121 Å². The van der Waals surface area contributed by atoms with Crippen LogP contribution in [0.2, 0.25) is 0 Å². The maximum absolute atomic E-state index is 5.20. The van der Waals surface area contributed by atoms with Crippen molar-refractivity contribution >= 4 is 23.8 Å². The lowest BCUT2D eigenvalue weighted by atomic mass is 10.0. The fourth-order valence-corrected chi connectivity index (χ4v) is 3.82. The molecule has 0 bridgehead atoms. The lowest BCUT2D eigenvalue weighted by Crippen LogP contribution is -1.93. The number of methoxy groups -OCH3 is 2. The lowest BCUT2D eigenvalue weighted by molar-refractivity contribution is 0.415. The van der Waals surface area contributed by atoms with E-state index in [4.69, 9.17) is 19.4 Å². The first kappa shape index (κ1) is 24.6. The van der Waals surface area contributed by atoms with Gasteiger partial charge in [-0.25, -0.2) is 9.97 Å². The molecule has 5 aromatic rings. The average Bonchev–Trinajstić information content (AvgIpc) is 3.00. The first-order valence-electron chi connectivity index (χ1n) is 12.1. The molecule has 0 saturated carbocycles. The number of rotatable bonds is 8. The van der Waals surface area contributed by atoms with Gasteiger partial charge in [0.25, 0.3) is 0 Å². The zero-order valence-electron chi connectivity index (χ0n) is 21.2. The average molecular weight is 499 g/mol. The van der Waals surface area contributed by atoms with E-state index in [2.05, 4.69) is 16.1 Å². The number of ether oxygens (including phenoxy) is 2. The van der Waals surface area contributed by atoms with Gasteiger partial charge in [0, 0.05) is 11.1 Å². The Bertz CT molecular complexity index is 1460. The Morgan fingerprint density at radius 3 is 1.37 bits per heavy atom. The molecule has 0 radical (unpaired) electrons. The molecule has 0 amide bonds. The predicted octanol–water partition coefficient (Wildman–Crippen LogP) is 7.33. The van der Waals surface area contributed by atoms with Crippen molar-refractivity contribution < 1.29 is 9.47 Å². The second-order valence-electron chi connectivity index (χ2n) is 8.39. The van der Waals surface area contributed by atoms with Crippen molar-refractivity contribution in [1.29, 1.82) is 0 Å². The molecular weight excluding hydrogens is 472 g/mol. The van der Waals surface area contributed by atoms with Crippen LogP contribution in [0, 0.1) is 0 Å². The van der Waals surface area contributed by atoms with Crippen molar-refractivity contribution in [2.45, 2.75) is 0 Å². The largest absolute Gasteiger partial charge is 0.497 e. The summed E-state index contributed by atoms with van der Waals surface area (Å²) in [6.45, 7) is 0. The predicted molar refractivity (Wildman–Crippen MR) is 153 cm³/mol. The molecule has 0 unspecified atom stereocenters. The van der Waals surface area contributed by atoms with Crippen LogP contribution in [0.5, 0.6) is 11.5 Å². The number of nitrogens with zero attached hydrogens (tertiary/aromatic N) is 4. The van der Waals surface area contributed by atoms with E-state index >= 15 is 0 Å². The number of hydrogen-bond acceptors (Lipinski definition) is 6. The fraction of sp³-hybridized carbons (Fsp3) is 0.0625. The summed E-state index contributed by atoms with van der Waals surface area (Å²) in [6.07, 6.45) is 3.53. The number of aliphatic imine (C=N–C) groups is 2. The van der Waals surface area contributed by atoms with Gasteiger partial charge in [-0.15, -0.1) is 0 Å². The van der Waals surface area contributed by atoms with Crippen molar-refractivity contribution in [2.24, 2.45) is 9.98 Å². The van der Waals surface area contributed by atoms with E-state index in [0.717, 1.165) is 56.8 Å². The molecule has 6 heteroatoms. The van der Waals surface area contributed by atoms with Crippen LogP contribution < -0.4 is 9.47 Å².